The lowest BCUT2D eigenvalue weighted by atomic mass is 9.51. The van der Waals surface area contributed by atoms with Gasteiger partial charge in [0.1, 0.15) is 0 Å². The molecule has 1 aliphatic heterocycles. The largest absolute Gasteiger partial charge is 0.466 e. The van der Waals surface area contributed by atoms with E-state index in [4.69, 9.17) is 4.74 Å². The maximum Gasteiger partial charge on any atom is 0.310 e. The first-order valence-electron chi connectivity index (χ1n) is 9.61. The van der Waals surface area contributed by atoms with Crippen LogP contribution in [0.25, 0.3) is 0 Å². The summed E-state index contributed by atoms with van der Waals surface area (Å²) >= 11 is 0. The molecule has 1 heterocycles. The third kappa shape index (κ3) is 2.78. The van der Waals surface area contributed by atoms with Crippen molar-refractivity contribution in [3.8, 4) is 0 Å². The Morgan fingerprint density at radius 2 is 1.70 bits per heavy atom. The van der Waals surface area contributed by atoms with Crippen LogP contribution in [0.2, 0.25) is 0 Å². The zero-order valence-electron chi connectivity index (χ0n) is 14.2. The van der Waals surface area contributed by atoms with Gasteiger partial charge in [-0.15, -0.1) is 0 Å². The normalized spacial score (nSPS) is 41.9. The van der Waals surface area contributed by atoms with Gasteiger partial charge < -0.3 is 9.64 Å². The van der Waals surface area contributed by atoms with Gasteiger partial charge in [0.15, 0.2) is 0 Å². The van der Waals surface area contributed by atoms with E-state index in [1.165, 1.54) is 32.1 Å². The Kier molecular flexibility index (Phi) is 4.10. The maximum absolute atomic E-state index is 13.2. The quantitative estimate of drug-likeness (QED) is 0.752. The number of rotatable bonds is 3. The molecule has 0 aromatic carbocycles. The summed E-state index contributed by atoms with van der Waals surface area (Å²) in [5.74, 6) is 3.44. The molecule has 5 rings (SSSR count). The van der Waals surface area contributed by atoms with Crippen LogP contribution in [0.1, 0.15) is 51.9 Å². The van der Waals surface area contributed by atoms with Crippen LogP contribution in [0.5, 0.6) is 0 Å². The number of esters is 1. The second-order valence-corrected chi connectivity index (χ2v) is 8.33. The monoisotopic (exact) mass is 319 g/mol. The Bertz CT molecular complexity index is 461. The van der Waals surface area contributed by atoms with Gasteiger partial charge in [0.25, 0.3) is 0 Å². The molecule has 4 bridgehead atoms. The topological polar surface area (TPSA) is 46.6 Å². The summed E-state index contributed by atoms with van der Waals surface area (Å²) in [5, 5.41) is 0. The first-order valence-corrected chi connectivity index (χ1v) is 9.61. The van der Waals surface area contributed by atoms with Gasteiger partial charge in [-0.1, -0.05) is 0 Å². The number of ether oxygens (including phenoxy) is 1. The number of hydrogen-bond donors (Lipinski definition) is 0. The fraction of sp³-hybridized carbons (Fsp3) is 0.895. The van der Waals surface area contributed by atoms with Gasteiger partial charge in [0.2, 0.25) is 5.91 Å². The predicted molar refractivity (Wildman–Crippen MR) is 86.5 cm³/mol. The molecule has 5 aliphatic rings. The van der Waals surface area contributed by atoms with Gasteiger partial charge in [0, 0.05) is 19.0 Å². The highest BCUT2D eigenvalue weighted by Gasteiger charge is 2.51. The predicted octanol–water partition coefficient (Wildman–Crippen LogP) is 2.86. The number of amides is 1. The van der Waals surface area contributed by atoms with E-state index in [1.807, 2.05) is 11.8 Å². The van der Waals surface area contributed by atoms with Crippen molar-refractivity contribution < 1.29 is 14.3 Å². The van der Waals surface area contributed by atoms with E-state index in [0.717, 1.165) is 31.2 Å². The Balaban J connectivity index is 1.43. The third-order valence-corrected chi connectivity index (χ3v) is 6.86. The molecular formula is C19H29NO3. The third-order valence-electron chi connectivity index (χ3n) is 6.86. The highest BCUT2D eigenvalue weighted by Crippen LogP contribution is 2.57. The second-order valence-electron chi connectivity index (χ2n) is 8.33. The molecule has 4 aliphatic carbocycles. The van der Waals surface area contributed by atoms with Crippen molar-refractivity contribution >= 4 is 11.9 Å². The minimum Gasteiger partial charge on any atom is -0.466 e. The SMILES string of the molecule is CCOC(=O)C1CCCN(C(=O)C2C3CC4CC(C3)CC2C4)C1. The van der Waals surface area contributed by atoms with E-state index in [-0.39, 0.29) is 17.8 Å². The fourth-order valence-electron chi connectivity index (χ4n) is 6.17. The van der Waals surface area contributed by atoms with Crippen LogP contribution >= 0.6 is 0 Å². The number of piperidine rings is 1. The number of hydrogen-bond acceptors (Lipinski definition) is 3. The number of likely N-dealkylation sites (tertiary alicyclic amines) is 1. The zero-order valence-corrected chi connectivity index (χ0v) is 14.2. The summed E-state index contributed by atoms with van der Waals surface area (Å²) < 4.78 is 5.17. The second kappa shape index (κ2) is 6.10. The van der Waals surface area contributed by atoms with Crippen molar-refractivity contribution in [1.82, 2.24) is 4.90 Å². The Labute approximate surface area is 138 Å². The summed E-state index contributed by atoms with van der Waals surface area (Å²) in [4.78, 5) is 27.2. The van der Waals surface area contributed by atoms with Crippen molar-refractivity contribution in [3.05, 3.63) is 0 Å². The molecule has 1 amide bonds. The molecule has 0 N–H and O–H groups in total. The van der Waals surface area contributed by atoms with E-state index < -0.39 is 0 Å². The first kappa shape index (κ1) is 15.5. The molecule has 4 nitrogen and oxygen atoms in total. The Hall–Kier alpha value is -1.06. The van der Waals surface area contributed by atoms with Crippen LogP contribution in [0.15, 0.2) is 0 Å². The first-order chi connectivity index (χ1) is 11.2. The van der Waals surface area contributed by atoms with Crippen LogP contribution in [0.3, 0.4) is 0 Å². The molecule has 0 radical (unpaired) electrons. The lowest BCUT2D eigenvalue weighted by Gasteiger charge is -2.54. The number of nitrogens with zero attached hydrogens (tertiary/aromatic N) is 1. The zero-order chi connectivity index (χ0) is 16.0. The van der Waals surface area contributed by atoms with Crippen LogP contribution in [0.4, 0.5) is 0 Å². The van der Waals surface area contributed by atoms with Crippen LogP contribution in [-0.2, 0) is 14.3 Å². The standard InChI is InChI=1S/C19H29NO3/c1-2-23-19(22)14-4-3-5-20(11-14)18(21)17-15-7-12-6-13(9-15)10-16(17)8-12/h12-17H,2-11H2,1H3. The molecule has 0 aromatic rings. The van der Waals surface area contributed by atoms with Gasteiger partial charge in [-0.2, -0.15) is 0 Å². The number of carbonyl (C=O) groups excluding carboxylic acids is 2. The molecule has 128 valence electrons. The lowest BCUT2D eigenvalue weighted by molar-refractivity contribution is -0.156. The molecule has 1 unspecified atom stereocenters. The Morgan fingerprint density at radius 3 is 2.30 bits per heavy atom. The molecule has 0 spiro atoms. The summed E-state index contributed by atoms with van der Waals surface area (Å²) in [5.41, 5.74) is 0. The summed E-state index contributed by atoms with van der Waals surface area (Å²) in [6.07, 6.45) is 8.32. The maximum atomic E-state index is 13.2. The van der Waals surface area contributed by atoms with Crippen molar-refractivity contribution in [2.75, 3.05) is 19.7 Å². The summed E-state index contributed by atoms with van der Waals surface area (Å²) in [6.45, 7) is 3.69. The average molecular weight is 319 g/mol. The van der Waals surface area contributed by atoms with Crippen LogP contribution in [-0.4, -0.2) is 36.5 Å². The molecule has 23 heavy (non-hydrogen) atoms. The van der Waals surface area contributed by atoms with Crippen LogP contribution < -0.4 is 0 Å². The number of carbonyl (C=O) groups is 2. The summed E-state index contributed by atoms with van der Waals surface area (Å²) in [6, 6.07) is 0. The fourth-order valence-corrected chi connectivity index (χ4v) is 6.17. The van der Waals surface area contributed by atoms with Crippen molar-refractivity contribution in [2.24, 2.45) is 35.5 Å². The molecule has 5 fully saturated rings. The van der Waals surface area contributed by atoms with Crippen molar-refractivity contribution in [3.63, 3.8) is 0 Å². The van der Waals surface area contributed by atoms with Gasteiger partial charge >= 0.3 is 5.97 Å². The average Bonchev–Trinajstić information content (AvgIpc) is 2.54. The molecule has 4 saturated carbocycles. The van der Waals surface area contributed by atoms with Gasteiger partial charge in [-0.25, -0.2) is 0 Å². The smallest absolute Gasteiger partial charge is 0.310 e. The van der Waals surface area contributed by atoms with E-state index in [0.29, 0.717) is 30.9 Å². The molecule has 1 saturated heterocycles. The lowest BCUT2D eigenvalue weighted by Crippen LogP contribution is -2.54. The van der Waals surface area contributed by atoms with E-state index in [2.05, 4.69) is 0 Å². The van der Waals surface area contributed by atoms with Crippen molar-refractivity contribution in [2.45, 2.75) is 51.9 Å². The highest BCUT2D eigenvalue weighted by molar-refractivity contribution is 5.81. The minimum atomic E-state index is -0.116. The van der Waals surface area contributed by atoms with E-state index in [9.17, 15) is 9.59 Å². The van der Waals surface area contributed by atoms with Gasteiger partial charge in [-0.3, -0.25) is 9.59 Å². The Morgan fingerprint density at radius 1 is 1.04 bits per heavy atom. The molecule has 0 aromatic heterocycles. The van der Waals surface area contributed by atoms with Gasteiger partial charge in [-0.05, 0) is 75.5 Å². The highest BCUT2D eigenvalue weighted by atomic mass is 16.5. The van der Waals surface area contributed by atoms with Gasteiger partial charge in [0.05, 0.1) is 12.5 Å². The van der Waals surface area contributed by atoms with E-state index >= 15 is 0 Å². The van der Waals surface area contributed by atoms with E-state index in [1.54, 1.807) is 0 Å². The van der Waals surface area contributed by atoms with Crippen molar-refractivity contribution in [1.29, 1.82) is 0 Å². The molecule has 4 heteroatoms. The minimum absolute atomic E-state index is 0.107. The molecular weight excluding hydrogens is 290 g/mol. The molecule has 1 atom stereocenters. The van der Waals surface area contributed by atoms with Crippen LogP contribution in [0, 0.1) is 35.5 Å². The summed E-state index contributed by atoms with van der Waals surface area (Å²) in [7, 11) is 0.